The van der Waals surface area contributed by atoms with Crippen LogP contribution in [0.5, 0.6) is 0 Å². The normalized spacial score (nSPS) is 11.2. The second-order valence-corrected chi connectivity index (χ2v) is 33.4. The van der Waals surface area contributed by atoms with Gasteiger partial charge in [0.1, 0.15) is 0 Å². The summed E-state index contributed by atoms with van der Waals surface area (Å²) in [5, 5.41) is 17.7. The van der Waals surface area contributed by atoms with Gasteiger partial charge in [0.15, 0.2) is 0 Å². The molecule has 0 saturated heterocycles. The number of benzene rings is 14. The van der Waals surface area contributed by atoms with E-state index in [4.69, 9.17) is 9.97 Å². The minimum absolute atomic E-state index is 0. The molecule has 10 heterocycles. The summed E-state index contributed by atoms with van der Waals surface area (Å²) in [6.07, 6.45) is 15.7. The van der Waals surface area contributed by atoms with E-state index >= 15 is 0 Å². The van der Waals surface area contributed by atoms with E-state index in [0.29, 0.717) is 0 Å². The van der Waals surface area contributed by atoms with Gasteiger partial charge in [0.05, 0.1) is 39.6 Å². The Hall–Kier alpha value is -11.6. The monoisotopic (exact) mass is 2550 g/mol. The van der Waals surface area contributed by atoms with Crippen LogP contribution in [0.25, 0.3) is 181 Å². The maximum Gasteiger partial charge on any atom is 0.0639 e. The van der Waals surface area contributed by atoms with Gasteiger partial charge in [-0.1, -0.05) is 183 Å². The first kappa shape index (κ1) is 91.1. The molecule has 5 radical (unpaired) electrons. The predicted octanol–water partition coefficient (Wildman–Crippen LogP) is 28.2. The minimum atomic E-state index is 0. The molecule has 24 aromatic rings. The molecule has 0 N–H and O–H groups in total. The van der Waals surface area contributed by atoms with Crippen LogP contribution in [0.2, 0.25) is 0 Å². The summed E-state index contributed by atoms with van der Waals surface area (Å²) < 4.78 is 11.1. The molecule has 128 heavy (non-hydrogen) atoms. The van der Waals surface area contributed by atoms with Gasteiger partial charge < -0.3 is 22.0 Å². The molecule has 10 aromatic heterocycles. The topological polar surface area (TPSA) is 86.5 Å². The Balaban J connectivity index is 0.000000122. The van der Waals surface area contributed by atoms with Crippen LogP contribution in [0.1, 0.15) is 77.9 Å². The summed E-state index contributed by atoms with van der Waals surface area (Å²) >= 11 is 0. The zero-order chi connectivity index (χ0) is 84.3. The third-order valence-electron chi connectivity index (χ3n) is 24.7. The van der Waals surface area contributed by atoms with Crippen LogP contribution in [0.3, 0.4) is 0 Å². The second kappa shape index (κ2) is 37.2. The largest absolute Gasteiger partial charge is 0.340 e. The zero-order valence-electron chi connectivity index (χ0n) is 73.3. The molecular weight excluding hydrogens is 2460 g/mol. The molecule has 0 saturated carbocycles. The van der Waals surface area contributed by atoms with Gasteiger partial charge in [-0.25, -0.2) is 0 Å². The zero-order valence-corrected chi connectivity index (χ0v) is 85.2. The molecule has 24 rings (SSSR count). The fraction of sp³-hybridized carbons (Fsp3) is 0.124. The Kier molecular flexibility index (Phi) is 26.5. The van der Waals surface area contributed by atoms with Crippen LogP contribution in [0.4, 0.5) is 0 Å². The molecule has 0 unspecified atom stereocenters. The van der Waals surface area contributed by atoms with E-state index < -0.39 is 0 Å². The Morgan fingerprint density at radius 3 is 1.14 bits per heavy atom. The minimum Gasteiger partial charge on any atom is -0.340 e. The molecule has 10 nitrogen and oxygen atoms in total. The van der Waals surface area contributed by atoms with Crippen LogP contribution in [0, 0.1) is 127 Å². The van der Waals surface area contributed by atoms with Crippen molar-refractivity contribution in [2.24, 2.45) is 0 Å². The van der Waals surface area contributed by atoms with Crippen LogP contribution in [-0.4, -0.2) is 46.9 Å². The van der Waals surface area contributed by atoms with E-state index in [9.17, 15) is 0 Å². The van der Waals surface area contributed by atoms with Crippen LogP contribution >= 0.6 is 0 Å². The van der Waals surface area contributed by atoms with Crippen molar-refractivity contribution in [2.75, 3.05) is 0 Å². The third-order valence-corrected chi connectivity index (χ3v) is 24.7. The summed E-state index contributed by atoms with van der Waals surface area (Å²) in [5.41, 5.74) is 38.6. The SMILES string of the molecule is Cc1c[c-]c2c(c1)c1cc(C)ccc1n1ccnc21.Cc1cc(C)c(-c2ccc3c(c2)c2ccc[c-]c2c2nccn32)c(C)c1.Cc1cc2c3ccc[c-]c3c3ncc(-c4c(C)cccc4C)n3c2cc1C.Cc1ccc(-c2cc(C)cc3c4ccc[c-]c4c4nccn4c23)cc1.Cc1ccc2c(c1)c1ccc[c-]c1c1ncc(-c3c(C)cccc3C)n21.[Ir].[Ir].[Ir].[Ir].[Ir]. The molecule has 641 valence electrons. The van der Waals surface area contributed by atoms with E-state index in [1.54, 1.807) is 0 Å². The Morgan fingerprint density at radius 1 is 0.242 bits per heavy atom. The van der Waals surface area contributed by atoms with Crippen molar-refractivity contribution in [1.82, 2.24) is 46.9 Å². The standard InChI is InChI=1S/C25H21N2.2C24H19N2.C23H17N2.C17H13N2.5Ir/c1-15-8-7-9-16(2)24(15)23-14-26-25-20-11-6-5-10-19(20)21-12-17(3)18(4)13-22(21)27(23)25;1-15-11-12-21-20(13-15)18-9-4-5-10-19(18)24-25-14-22(26(21)24)23-16(2)7-6-8-17(23)3;1-15-12-16(2)23(17(3)13-15)18-8-9-22-21(14-18)19-6-4-5-7-20(19)24-25-10-11-26(22)24;1-15-7-9-17(10-8-15)20-13-16(2)14-21-18-5-3-4-6-19(18)23-24-11-12-25(23)22(20)21;1-11-3-5-13-14(9-11)15-10-12(2)4-6-16(15)19-8-7-18-17(13)19;;;;;/h5-10,12-14H,1-4H3;4-9,11-14H,1-3H3;4-6,8-14H,1-3H3;3-5,7-14H,1-2H3;3-4,6-10H,1-2H3;;;;;/q5*-1;;;;;. The van der Waals surface area contributed by atoms with E-state index in [0.717, 1.165) is 66.6 Å². The van der Waals surface area contributed by atoms with Crippen molar-refractivity contribution < 1.29 is 101 Å². The first-order valence-electron chi connectivity index (χ1n) is 42.1. The first-order valence-corrected chi connectivity index (χ1v) is 42.1. The van der Waals surface area contributed by atoms with E-state index in [1.165, 1.54) is 193 Å². The average Bonchev–Trinajstić information content (AvgIpc) is 1.48. The van der Waals surface area contributed by atoms with Crippen LogP contribution in [-0.2, 0) is 101 Å². The van der Waals surface area contributed by atoms with Crippen molar-refractivity contribution in [3.8, 4) is 44.8 Å². The summed E-state index contributed by atoms with van der Waals surface area (Å²) in [6, 6.07) is 101. The van der Waals surface area contributed by atoms with E-state index in [1.807, 2.05) is 79.9 Å². The second-order valence-electron chi connectivity index (χ2n) is 33.4. The van der Waals surface area contributed by atoms with Gasteiger partial charge in [-0.05, 0) is 208 Å². The van der Waals surface area contributed by atoms with Crippen LogP contribution in [0.15, 0.2) is 286 Å². The number of pyridine rings is 5. The molecular formula is C113H89Ir5N10-5. The van der Waals surface area contributed by atoms with Crippen molar-refractivity contribution in [1.29, 1.82) is 0 Å². The molecule has 0 aliphatic rings. The quantitative estimate of drug-likeness (QED) is 0.129. The number of nitrogens with zero attached hydrogens (tertiary/aromatic N) is 10. The van der Waals surface area contributed by atoms with Crippen molar-refractivity contribution in [3.05, 3.63) is 394 Å². The predicted molar refractivity (Wildman–Crippen MR) is 513 cm³/mol. The van der Waals surface area contributed by atoms with Gasteiger partial charge in [-0.2, -0.15) is 0 Å². The molecule has 15 heteroatoms. The number of aromatic nitrogens is 10. The first-order chi connectivity index (χ1) is 59.8. The molecule has 0 spiro atoms. The molecule has 0 bridgehead atoms. The maximum atomic E-state index is 4.84. The molecule has 0 aliphatic heterocycles. The molecule has 0 fully saturated rings. The Bertz CT molecular complexity index is 8320. The fourth-order valence-corrected chi connectivity index (χ4v) is 19.0. The summed E-state index contributed by atoms with van der Waals surface area (Å²) in [7, 11) is 0. The number of fused-ring (bicyclic) bond motifs is 30. The average molecular weight is 2550 g/mol. The number of imidazole rings is 5. The number of hydrogen-bond donors (Lipinski definition) is 0. The molecule has 0 aliphatic carbocycles. The van der Waals surface area contributed by atoms with Crippen LogP contribution < -0.4 is 0 Å². The van der Waals surface area contributed by atoms with Gasteiger partial charge in [0.25, 0.3) is 0 Å². The van der Waals surface area contributed by atoms with Gasteiger partial charge >= 0.3 is 0 Å². The van der Waals surface area contributed by atoms with Crippen molar-refractivity contribution in [2.45, 2.75) is 96.9 Å². The van der Waals surface area contributed by atoms with Gasteiger partial charge in [0, 0.05) is 194 Å². The fourth-order valence-electron chi connectivity index (χ4n) is 19.0. The summed E-state index contributed by atoms with van der Waals surface area (Å²) in [4.78, 5) is 23.3. The summed E-state index contributed by atoms with van der Waals surface area (Å²) in [6.45, 7) is 30.2. The maximum absolute atomic E-state index is 4.84. The number of hydrogen-bond acceptors (Lipinski definition) is 5. The van der Waals surface area contributed by atoms with Crippen molar-refractivity contribution >= 4 is 137 Å². The number of aryl methyl sites for hydroxylation is 14. The van der Waals surface area contributed by atoms with Gasteiger partial charge in [-0.15, -0.1) is 148 Å². The summed E-state index contributed by atoms with van der Waals surface area (Å²) in [5.74, 6) is 0. The van der Waals surface area contributed by atoms with Gasteiger partial charge in [-0.3, -0.25) is 24.9 Å². The Morgan fingerprint density at radius 2 is 0.625 bits per heavy atom. The molecule has 14 aromatic carbocycles. The Labute approximate surface area is 812 Å². The van der Waals surface area contributed by atoms with Gasteiger partial charge in [0.2, 0.25) is 0 Å². The molecule has 0 atom stereocenters. The number of rotatable bonds is 4. The van der Waals surface area contributed by atoms with E-state index in [-0.39, 0.29) is 101 Å². The van der Waals surface area contributed by atoms with E-state index in [2.05, 4.69) is 370 Å². The smallest absolute Gasteiger partial charge is 0.0639 e. The van der Waals surface area contributed by atoms with Crippen molar-refractivity contribution in [3.63, 3.8) is 0 Å². The molecule has 0 amide bonds. The third kappa shape index (κ3) is 16.1.